The molecule has 3 aromatic rings. The largest absolute Gasteiger partial charge is 0.494 e. The summed E-state index contributed by atoms with van der Waals surface area (Å²) in [6.07, 6.45) is 4.11. The lowest BCUT2D eigenvalue weighted by molar-refractivity contribution is -0.143. The summed E-state index contributed by atoms with van der Waals surface area (Å²) in [5.41, 5.74) is 0.713. The van der Waals surface area contributed by atoms with E-state index in [0.29, 0.717) is 13.0 Å². The Morgan fingerprint density at radius 1 is 0.931 bits per heavy atom. The SMILES string of the molecule is CCCOc1ccc(Oc2ccc3cc(CCC4(C(=O)O)CC4)ccc3c2)cc1. The Balaban J connectivity index is 1.42. The summed E-state index contributed by atoms with van der Waals surface area (Å²) in [6.45, 7) is 2.80. The maximum Gasteiger partial charge on any atom is 0.309 e. The average Bonchev–Trinajstić information content (AvgIpc) is 3.53. The van der Waals surface area contributed by atoms with E-state index in [4.69, 9.17) is 9.47 Å². The van der Waals surface area contributed by atoms with Crippen LogP contribution >= 0.6 is 0 Å². The average molecular weight is 390 g/mol. The minimum atomic E-state index is -0.648. The minimum absolute atomic E-state index is 0.468. The molecule has 0 aromatic heterocycles. The quantitative estimate of drug-likeness (QED) is 0.471. The number of hydrogen-bond donors (Lipinski definition) is 1. The van der Waals surface area contributed by atoms with Crippen LogP contribution < -0.4 is 9.47 Å². The highest BCUT2D eigenvalue weighted by Gasteiger charge is 2.49. The number of hydrogen-bond acceptors (Lipinski definition) is 3. The van der Waals surface area contributed by atoms with E-state index in [1.54, 1.807) is 0 Å². The van der Waals surface area contributed by atoms with Crippen molar-refractivity contribution in [2.45, 2.75) is 39.0 Å². The van der Waals surface area contributed by atoms with Gasteiger partial charge in [0.1, 0.15) is 17.2 Å². The lowest BCUT2D eigenvalue weighted by atomic mass is 9.95. The molecule has 0 bridgehead atoms. The minimum Gasteiger partial charge on any atom is -0.494 e. The highest BCUT2D eigenvalue weighted by molar-refractivity contribution is 5.84. The first-order chi connectivity index (χ1) is 14.1. The summed E-state index contributed by atoms with van der Waals surface area (Å²) < 4.78 is 11.6. The third-order valence-corrected chi connectivity index (χ3v) is 5.61. The zero-order chi connectivity index (χ0) is 20.3. The summed E-state index contributed by atoms with van der Waals surface area (Å²) >= 11 is 0. The van der Waals surface area contributed by atoms with Crippen molar-refractivity contribution >= 4 is 16.7 Å². The fourth-order valence-electron chi connectivity index (χ4n) is 3.56. The standard InChI is InChI=1S/C25H26O4/c1-2-15-28-21-7-9-22(10-8-21)29-23-6-5-19-16-18(3-4-20(19)17-23)11-12-25(13-14-25)24(26)27/h3-10,16-17H,2,11-15H2,1H3,(H,26,27). The van der Waals surface area contributed by atoms with Gasteiger partial charge < -0.3 is 14.6 Å². The van der Waals surface area contributed by atoms with Crippen molar-refractivity contribution < 1.29 is 19.4 Å². The Kier molecular flexibility index (Phi) is 5.43. The van der Waals surface area contributed by atoms with Gasteiger partial charge in [-0.25, -0.2) is 0 Å². The number of fused-ring (bicyclic) bond motifs is 1. The zero-order valence-corrected chi connectivity index (χ0v) is 16.7. The first kappa shape index (κ1) is 19.3. The maximum absolute atomic E-state index is 11.3. The molecule has 150 valence electrons. The molecule has 0 unspecified atom stereocenters. The van der Waals surface area contributed by atoms with Gasteiger partial charge in [0.2, 0.25) is 0 Å². The van der Waals surface area contributed by atoms with Gasteiger partial charge in [-0.1, -0.05) is 31.2 Å². The van der Waals surface area contributed by atoms with Gasteiger partial charge in [-0.05, 0) is 84.8 Å². The third kappa shape index (κ3) is 4.53. The molecule has 1 saturated carbocycles. The fourth-order valence-corrected chi connectivity index (χ4v) is 3.56. The van der Waals surface area contributed by atoms with Crippen LogP contribution in [0.15, 0.2) is 60.7 Å². The molecule has 0 spiro atoms. The molecular weight excluding hydrogens is 364 g/mol. The van der Waals surface area contributed by atoms with E-state index in [1.165, 1.54) is 5.56 Å². The third-order valence-electron chi connectivity index (χ3n) is 5.61. The van der Waals surface area contributed by atoms with Crippen LogP contribution in [0.1, 0.15) is 38.2 Å². The van der Waals surface area contributed by atoms with Crippen molar-refractivity contribution in [1.82, 2.24) is 0 Å². The highest BCUT2D eigenvalue weighted by Crippen LogP contribution is 2.49. The molecule has 0 amide bonds. The number of benzene rings is 3. The molecule has 1 aliphatic rings. The predicted octanol–water partition coefficient (Wildman–Crippen LogP) is 6.22. The van der Waals surface area contributed by atoms with E-state index in [9.17, 15) is 9.90 Å². The van der Waals surface area contributed by atoms with E-state index >= 15 is 0 Å². The number of ether oxygens (including phenoxy) is 2. The smallest absolute Gasteiger partial charge is 0.309 e. The highest BCUT2D eigenvalue weighted by atomic mass is 16.5. The molecule has 1 aliphatic carbocycles. The zero-order valence-electron chi connectivity index (χ0n) is 16.7. The lowest BCUT2D eigenvalue weighted by Gasteiger charge is -2.11. The van der Waals surface area contributed by atoms with Gasteiger partial charge in [-0.15, -0.1) is 0 Å². The normalized spacial score (nSPS) is 14.5. The van der Waals surface area contributed by atoms with Gasteiger partial charge in [-0.2, -0.15) is 0 Å². The Labute approximate surface area is 171 Å². The summed E-state index contributed by atoms with van der Waals surface area (Å²) in [4.78, 5) is 11.3. The van der Waals surface area contributed by atoms with Crippen LogP contribution in [-0.4, -0.2) is 17.7 Å². The first-order valence-electron chi connectivity index (χ1n) is 10.2. The molecule has 0 heterocycles. The van der Waals surface area contributed by atoms with Gasteiger partial charge in [0.05, 0.1) is 12.0 Å². The van der Waals surface area contributed by atoms with Crippen molar-refractivity contribution in [3.63, 3.8) is 0 Å². The number of carboxylic acids is 1. The predicted molar refractivity (Wildman–Crippen MR) is 114 cm³/mol. The number of aliphatic carboxylic acids is 1. The fraction of sp³-hybridized carbons (Fsp3) is 0.320. The van der Waals surface area contributed by atoms with Crippen LogP contribution in [-0.2, 0) is 11.2 Å². The second-order valence-electron chi connectivity index (χ2n) is 7.85. The summed E-state index contributed by atoms with van der Waals surface area (Å²) in [5.74, 6) is 1.76. The van der Waals surface area contributed by atoms with Crippen molar-refractivity contribution in [1.29, 1.82) is 0 Å². The van der Waals surface area contributed by atoms with Crippen LogP contribution in [0.2, 0.25) is 0 Å². The second kappa shape index (κ2) is 8.16. The van der Waals surface area contributed by atoms with Gasteiger partial charge in [0, 0.05) is 0 Å². The topological polar surface area (TPSA) is 55.8 Å². The Morgan fingerprint density at radius 2 is 1.59 bits per heavy atom. The Bertz CT molecular complexity index is 1000. The Hall–Kier alpha value is -3.01. The number of carboxylic acid groups (broad SMARTS) is 1. The molecule has 0 aliphatic heterocycles. The monoisotopic (exact) mass is 390 g/mol. The van der Waals surface area contributed by atoms with Crippen molar-refractivity contribution in [2.75, 3.05) is 6.61 Å². The lowest BCUT2D eigenvalue weighted by Crippen LogP contribution is -2.15. The molecule has 4 nitrogen and oxygen atoms in total. The van der Waals surface area contributed by atoms with Crippen LogP contribution in [0.5, 0.6) is 17.2 Å². The molecule has 1 fully saturated rings. The number of aryl methyl sites for hydroxylation is 1. The molecule has 3 aromatic carbocycles. The number of carbonyl (C=O) groups is 1. The van der Waals surface area contributed by atoms with Crippen LogP contribution in [0.4, 0.5) is 0 Å². The molecule has 29 heavy (non-hydrogen) atoms. The molecule has 1 N–H and O–H groups in total. The summed E-state index contributed by atoms with van der Waals surface area (Å²) in [7, 11) is 0. The molecular formula is C25H26O4. The molecule has 4 rings (SSSR count). The summed E-state index contributed by atoms with van der Waals surface area (Å²) in [6, 6.07) is 20.0. The van der Waals surface area contributed by atoms with Gasteiger partial charge in [0.15, 0.2) is 0 Å². The summed E-state index contributed by atoms with van der Waals surface area (Å²) in [5, 5.41) is 11.6. The van der Waals surface area contributed by atoms with E-state index in [-0.39, 0.29) is 0 Å². The van der Waals surface area contributed by atoms with Gasteiger partial charge in [0.25, 0.3) is 0 Å². The molecule has 0 saturated heterocycles. The Morgan fingerprint density at radius 3 is 2.28 bits per heavy atom. The van der Waals surface area contributed by atoms with Crippen LogP contribution in [0, 0.1) is 5.41 Å². The maximum atomic E-state index is 11.3. The van der Waals surface area contributed by atoms with Gasteiger partial charge in [-0.3, -0.25) is 4.79 Å². The van der Waals surface area contributed by atoms with E-state index in [2.05, 4.69) is 31.2 Å². The van der Waals surface area contributed by atoms with E-state index in [0.717, 1.165) is 53.7 Å². The van der Waals surface area contributed by atoms with Crippen molar-refractivity contribution in [3.8, 4) is 17.2 Å². The van der Waals surface area contributed by atoms with Crippen molar-refractivity contribution in [3.05, 3.63) is 66.2 Å². The van der Waals surface area contributed by atoms with Crippen LogP contribution in [0.25, 0.3) is 10.8 Å². The molecule has 0 atom stereocenters. The van der Waals surface area contributed by atoms with E-state index < -0.39 is 11.4 Å². The number of rotatable bonds is 9. The van der Waals surface area contributed by atoms with Crippen molar-refractivity contribution in [2.24, 2.45) is 5.41 Å². The molecule has 4 heteroatoms. The van der Waals surface area contributed by atoms with Gasteiger partial charge >= 0.3 is 5.97 Å². The van der Waals surface area contributed by atoms with Crippen LogP contribution in [0.3, 0.4) is 0 Å². The molecule has 0 radical (unpaired) electrons. The first-order valence-corrected chi connectivity index (χ1v) is 10.2. The van der Waals surface area contributed by atoms with E-state index in [1.807, 2.05) is 36.4 Å². The second-order valence-corrected chi connectivity index (χ2v) is 7.85.